The van der Waals surface area contributed by atoms with E-state index in [2.05, 4.69) is 5.32 Å². The minimum absolute atomic E-state index is 0.0534. The Balaban J connectivity index is 1.54. The fourth-order valence-electron chi connectivity index (χ4n) is 4.49. The van der Waals surface area contributed by atoms with Gasteiger partial charge in [0, 0.05) is 24.1 Å². The molecule has 6 heteroatoms. The van der Waals surface area contributed by atoms with Crippen molar-refractivity contribution < 1.29 is 9.59 Å². The molecule has 1 heterocycles. The van der Waals surface area contributed by atoms with Gasteiger partial charge in [0.25, 0.3) is 0 Å². The average Bonchev–Trinajstić information content (AvgIpc) is 3.28. The van der Waals surface area contributed by atoms with Crippen LogP contribution in [0, 0.1) is 5.92 Å². The highest BCUT2D eigenvalue weighted by Gasteiger charge is 2.27. The number of carbonyl (C=O) groups excluding carboxylic acids is 2. The summed E-state index contributed by atoms with van der Waals surface area (Å²) in [7, 11) is 0. The van der Waals surface area contributed by atoms with Crippen LogP contribution in [0.25, 0.3) is 16.9 Å². The zero-order valence-corrected chi connectivity index (χ0v) is 19.2. The van der Waals surface area contributed by atoms with Gasteiger partial charge in [0.1, 0.15) is 5.82 Å². The molecule has 6 nitrogen and oxygen atoms in total. The predicted octanol–water partition coefficient (Wildman–Crippen LogP) is 5.30. The molecule has 0 atom stereocenters. The van der Waals surface area contributed by atoms with Crippen molar-refractivity contribution in [3.05, 3.63) is 66.7 Å². The fraction of sp³-hybridized carbons (Fsp3) is 0.370. The van der Waals surface area contributed by atoms with E-state index in [0.29, 0.717) is 12.4 Å². The van der Waals surface area contributed by atoms with Gasteiger partial charge in [-0.05, 0) is 31.4 Å². The first-order valence-corrected chi connectivity index (χ1v) is 11.9. The van der Waals surface area contributed by atoms with E-state index in [1.807, 2.05) is 73.7 Å². The maximum atomic E-state index is 13.1. The third-order valence-corrected chi connectivity index (χ3v) is 6.14. The second-order valence-electron chi connectivity index (χ2n) is 8.67. The SMILES string of the molecule is CCCN(CC(=O)Nc1cc(-c2ccccc2)nn1-c1ccccc1)C(=O)C1CCCCC1. The lowest BCUT2D eigenvalue weighted by Crippen LogP contribution is -2.42. The van der Waals surface area contributed by atoms with Gasteiger partial charge in [0.05, 0.1) is 17.9 Å². The number of hydrogen-bond acceptors (Lipinski definition) is 3. The highest BCUT2D eigenvalue weighted by Crippen LogP contribution is 2.26. The summed E-state index contributed by atoms with van der Waals surface area (Å²) in [6, 6.07) is 21.5. The van der Waals surface area contributed by atoms with Crippen LogP contribution in [-0.2, 0) is 9.59 Å². The molecule has 1 aliphatic carbocycles. The Morgan fingerprint density at radius 1 is 1.00 bits per heavy atom. The number of anilines is 1. The van der Waals surface area contributed by atoms with Gasteiger partial charge < -0.3 is 10.2 Å². The van der Waals surface area contributed by atoms with E-state index in [4.69, 9.17) is 5.10 Å². The van der Waals surface area contributed by atoms with Crippen LogP contribution >= 0.6 is 0 Å². The lowest BCUT2D eigenvalue weighted by atomic mass is 9.88. The van der Waals surface area contributed by atoms with Gasteiger partial charge >= 0.3 is 0 Å². The Morgan fingerprint density at radius 3 is 2.33 bits per heavy atom. The second kappa shape index (κ2) is 10.9. The topological polar surface area (TPSA) is 67.2 Å². The lowest BCUT2D eigenvalue weighted by Gasteiger charge is -2.28. The van der Waals surface area contributed by atoms with Gasteiger partial charge in [-0.15, -0.1) is 0 Å². The van der Waals surface area contributed by atoms with E-state index in [0.717, 1.165) is 49.0 Å². The predicted molar refractivity (Wildman–Crippen MR) is 131 cm³/mol. The molecular weight excluding hydrogens is 412 g/mol. The summed E-state index contributed by atoms with van der Waals surface area (Å²) >= 11 is 0. The van der Waals surface area contributed by atoms with Crippen LogP contribution < -0.4 is 5.32 Å². The first-order chi connectivity index (χ1) is 16.2. The molecule has 172 valence electrons. The summed E-state index contributed by atoms with van der Waals surface area (Å²) in [5.41, 5.74) is 2.61. The van der Waals surface area contributed by atoms with Crippen LogP contribution in [0.5, 0.6) is 0 Å². The van der Waals surface area contributed by atoms with Crippen molar-refractivity contribution in [1.29, 1.82) is 0 Å². The number of benzene rings is 2. The van der Waals surface area contributed by atoms with Crippen molar-refractivity contribution in [1.82, 2.24) is 14.7 Å². The monoisotopic (exact) mass is 444 g/mol. The molecule has 2 amide bonds. The summed E-state index contributed by atoms with van der Waals surface area (Å²) in [5, 5.41) is 7.76. The number of para-hydroxylation sites is 1. The Bertz CT molecular complexity index is 1060. The molecule has 2 aromatic carbocycles. The number of nitrogens with zero attached hydrogens (tertiary/aromatic N) is 3. The molecule has 4 rings (SSSR count). The summed E-state index contributed by atoms with van der Waals surface area (Å²) < 4.78 is 1.74. The fourth-order valence-corrected chi connectivity index (χ4v) is 4.49. The van der Waals surface area contributed by atoms with Crippen molar-refractivity contribution in [3.8, 4) is 16.9 Å². The molecular formula is C27H32N4O2. The third-order valence-electron chi connectivity index (χ3n) is 6.14. The first-order valence-electron chi connectivity index (χ1n) is 11.9. The molecule has 0 saturated heterocycles. The summed E-state index contributed by atoms with van der Waals surface area (Å²) in [6.07, 6.45) is 6.09. The van der Waals surface area contributed by atoms with Crippen LogP contribution in [0.15, 0.2) is 66.7 Å². The van der Waals surface area contributed by atoms with E-state index in [-0.39, 0.29) is 24.3 Å². The standard InChI is InChI=1S/C27H32N4O2/c1-2-18-30(27(33)22-14-8-4-9-15-22)20-26(32)28-25-19-24(21-12-6-3-7-13-21)29-31(25)23-16-10-5-11-17-23/h3,5-7,10-13,16-17,19,22H,2,4,8-9,14-15,18,20H2,1H3,(H,28,32). The lowest BCUT2D eigenvalue weighted by molar-refractivity contribution is -0.139. The largest absolute Gasteiger partial charge is 0.333 e. The van der Waals surface area contributed by atoms with E-state index < -0.39 is 0 Å². The van der Waals surface area contributed by atoms with Crippen molar-refractivity contribution in [2.75, 3.05) is 18.4 Å². The number of carbonyl (C=O) groups is 2. The average molecular weight is 445 g/mol. The van der Waals surface area contributed by atoms with E-state index in [1.54, 1.807) is 9.58 Å². The summed E-state index contributed by atoms with van der Waals surface area (Å²) in [4.78, 5) is 27.9. The minimum Gasteiger partial charge on any atom is -0.333 e. The molecule has 1 N–H and O–H groups in total. The zero-order valence-electron chi connectivity index (χ0n) is 19.2. The maximum absolute atomic E-state index is 13.1. The van der Waals surface area contributed by atoms with E-state index in [1.165, 1.54) is 6.42 Å². The highest BCUT2D eigenvalue weighted by atomic mass is 16.2. The quantitative estimate of drug-likeness (QED) is 0.513. The zero-order chi connectivity index (χ0) is 23.0. The van der Waals surface area contributed by atoms with Crippen LogP contribution in [0.2, 0.25) is 0 Å². The normalized spacial score (nSPS) is 14.1. The maximum Gasteiger partial charge on any atom is 0.245 e. The van der Waals surface area contributed by atoms with Gasteiger partial charge in [0.2, 0.25) is 11.8 Å². The van der Waals surface area contributed by atoms with Crippen LogP contribution in [-0.4, -0.2) is 39.6 Å². The molecule has 1 aliphatic rings. The number of aromatic nitrogens is 2. The third kappa shape index (κ3) is 5.69. The number of nitrogens with one attached hydrogen (secondary N) is 1. The van der Waals surface area contributed by atoms with Gasteiger partial charge in [-0.2, -0.15) is 5.10 Å². The molecule has 0 aliphatic heterocycles. The minimum atomic E-state index is -0.204. The van der Waals surface area contributed by atoms with Crippen LogP contribution in [0.4, 0.5) is 5.82 Å². The molecule has 3 aromatic rings. The second-order valence-corrected chi connectivity index (χ2v) is 8.67. The molecule has 0 radical (unpaired) electrons. The highest BCUT2D eigenvalue weighted by molar-refractivity contribution is 5.95. The molecule has 33 heavy (non-hydrogen) atoms. The van der Waals surface area contributed by atoms with Crippen molar-refractivity contribution in [2.24, 2.45) is 5.92 Å². The van der Waals surface area contributed by atoms with Gasteiger partial charge in [-0.3, -0.25) is 9.59 Å². The van der Waals surface area contributed by atoms with Crippen molar-refractivity contribution in [2.45, 2.75) is 45.4 Å². The van der Waals surface area contributed by atoms with Gasteiger partial charge in [0.15, 0.2) is 0 Å². The molecule has 1 aromatic heterocycles. The van der Waals surface area contributed by atoms with Crippen LogP contribution in [0.3, 0.4) is 0 Å². The molecule has 1 saturated carbocycles. The Labute approximate surface area is 195 Å². The Kier molecular flexibility index (Phi) is 7.55. The van der Waals surface area contributed by atoms with Crippen LogP contribution in [0.1, 0.15) is 45.4 Å². The molecule has 0 bridgehead atoms. The Hall–Kier alpha value is -3.41. The van der Waals surface area contributed by atoms with Gasteiger partial charge in [-0.1, -0.05) is 74.7 Å². The van der Waals surface area contributed by atoms with E-state index in [9.17, 15) is 9.59 Å². The van der Waals surface area contributed by atoms with Crippen molar-refractivity contribution in [3.63, 3.8) is 0 Å². The van der Waals surface area contributed by atoms with E-state index >= 15 is 0 Å². The number of amides is 2. The molecule has 0 spiro atoms. The molecule has 0 unspecified atom stereocenters. The molecule has 1 fully saturated rings. The van der Waals surface area contributed by atoms with Gasteiger partial charge in [-0.25, -0.2) is 4.68 Å². The summed E-state index contributed by atoms with van der Waals surface area (Å²) in [5.74, 6) is 0.557. The first kappa shape index (κ1) is 22.8. The number of rotatable bonds is 8. The number of hydrogen-bond donors (Lipinski definition) is 1. The summed E-state index contributed by atoms with van der Waals surface area (Å²) in [6.45, 7) is 2.69. The Morgan fingerprint density at radius 2 is 1.67 bits per heavy atom. The smallest absolute Gasteiger partial charge is 0.245 e. The van der Waals surface area contributed by atoms with Crippen molar-refractivity contribution >= 4 is 17.6 Å².